The Labute approximate surface area is 252 Å². The standard InChI is InChI=1S/C29H42Cl2N6O4/c1-7-36(8-2)26(38)22(33-28(40)41-29(3,4)5)12-15-32-27(39)37-16-13-19(14-17-37)24-18-23(34-35(24)6)20-10-9-11-21(30)25(20)31/h9-11,18-19,22H,7-8,12-17H2,1-6H3,(H,32,39)(H,33,40)/t22-/m1/s1. The van der Waals surface area contributed by atoms with Crippen LogP contribution in [0, 0.1) is 0 Å². The van der Waals surface area contributed by atoms with Gasteiger partial charge in [0.15, 0.2) is 0 Å². The van der Waals surface area contributed by atoms with Crippen molar-refractivity contribution in [3.05, 3.63) is 40.0 Å². The number of urea groups is 1. The highest BCUT2D eigenvalue weighted by Crippen LogP contribution is 2.35. The monoisotopic (exact) mass is 608 g/mol. The molecule has 0 radical (unpaired) electrons. The molecular weight excluding hydrogens is 567 g/mol. The number of carbonyl (C=O) groups is 3. The van der Waals surface area contributed by atoms with E-state index in [0.717, 1.165) is 29.8 Å². The number of piperidine rings is 1. The van der Waals surface area contributed by atoms with Gasteiger partial charge in [-0.2, -0.15) is 5.10 Å². The summed E-state index contributed by atoms with van der Waals surface area (Å²) in [6.07, 6.45) is 1.17. The molecule has 1 aliphatic heterocycles. The lowest BCUT2D eigenvalue weighted by atomic mass is 9.93. The molecule has 1 aromatic carbocycles. The number of amides is 4. The fourth-order valence-corrected chi connectivity index (χ4v) is 5.37. The van der Waals surface area contributed by atoms with Crippen LogP contribution in [0.25, 0.3) is 11.3 Å². The first-order chi connectivity index (χ1) is 19.3. The molecule has 41 heavy (non-hydrogen) atoms. The molecule has 4 amide bonds. The van der Waals surface area contributed by atoms with E-state index in [0.29, 0.717) is 36.2 Å². The Balaban J connectivity index is 1.55. The Kier molecular flexibility index (Phi) is 11.3. The van der Waals surface area contributed by atoms with Crippen molar-refractivity contribution in [2.75, 3.05) is 32.7 Å². The summed E-state index contributed by atoms with van der Waals surface area (Å²) < 4.78 is 7.22. The van der Waals surface area contributed by atoms with E-state index in [1.54, 1.807) is 36.6 Å². The molecule has 2 N–H and O–H groups in total. The number of likely N-dealkylation sites (tertiary alicyclic amines) is 1. The van der Waals surface area contributed by atoms with Crippen LogP contribution in [0.1, 0.15) is 65.5 Å². The van der Waals surface area contributed by atoms with Crippen molar-refractivity contribution in [2.24, 2.45) is 7.05 Å². The Hall–Kier alpha value is -2.98. The quantitative estimate of drug-likeness (QED) is 0.394. The van der Waals surface area contributed by atoms with Crippen LogP contribution in [-0.2, 0) is 16.6 Å². The molecule has 0 spiro atoms. The zero-order valence-corrected chi connectivity index (χ0v) is 26.3. The van der Waals surface area contributed by atoms with Crippen LogP contribution >= 0.6 is 23.2 Å². The van der Waals surface area contributed by atoms with Gasteiger partial charge in [-0.05, 0) is 66.0 Å². The van der Waals surface area contributed by atoms with Gasteiger partial charge in [-0.3, -0.25) is 9.48 Å². The average Bonchev–Trinajstić information content (AvgIpc) is 3.30. The van der Waals surface area contributed by atoms with E-state index in [-0.39, 0.29) is 30.8 Å². The molecule has 226 valence electrons. The number of halogens is 2. The van der Waals surface area contributed by atoms with E-state index < -0.39 is 17.7 Å². The number of hydrogen-bond acceptors (Lipinski definition) is 5. The summed E-state index contributed by atoms with van der Waals surface area (Å²) in [7, 11) is 1.91. The third kappa shape index (κ3) is 8.75. The number of likely N-dealkylation sites (N-methyl/N-ethyl adjacent to an activating group) is 1. The minimum absolute atomic E-state index is 0.189. The zero-order chi connectivity index (χ0) is 30.3. The van der Waals surface area contributed by atoms with E-state index in [2.05, 4.69) is 15.7 Å². The number of ether oxygens (including phenoxy) is 1. The molecule has 0 aliphatic carbocycles. The number of benzene rings is 1. The average molecular weight is 610 g/mol. The molecule has 1 aromatic heterocycles. The summed E-state index contributed by atoms with van der Waals surface area (Å²) in [4.78, 5) is 41.8. The second kappa shape index (κ2) is 14.3. The normalized spacial score (nSPS) is 14.9. The Bertz CT molecular complexity index is 1220. The van der Waals surface area contributed by atoms with Crippen LogP contribution in [0.15, 0.2) is 24.3 Å². The summed E-state index contributed by atoms with van der Waals surface area (Å²) in [5.74, 6) is 0.0443. The third-order valence-electron chi connectivity index (χ3n) is 7.12. The molecule has 3 rings (SSSR count). The van der Waals surface area contributed by atoms with Crippen molar-refractivity contribution >= 4 is 41.2 Å². The van der Waals surface area contributed by atoms with Gasteiger partial charge in [0.05, 0.1) is 15.7 Å². The van der Waals surface area contributed by atoms with E-state index in [1.165, 1.54) is 0 Å². The van der Waals surface area contributed by atoms with Crippen LogP contribution < -0.4 is 10.6 Å². The predicted octanol–water partition coefficient (Wildman–Crippen LogP) is 5.43. The van der Waals surface area contributed by atoms with Gasteiger partial charge in [0, 0.05) is 56.9 Å². The number of aromatic nitrogens is 2. The fraction of sp³-hybridized carbons (Fsp3) is 0.586. The van der Waals surface area contributed by atoms with Crippen LogP contribution in [0.3, 0.4) is 0 Å². The molecule has 1 atom stereocenters. The predicted molar refractivity (Wildman–Crippen MR) is 161 cm³/mol. The minimum atomic E-state index is -0.803. The lowest BCUT2D eigenvalue weighted by Crippen LogP contribution is -2.51. The van der Waals surface area contributed by atoms with Crippen LogP contribution in [0.5, 0.6) is 0 Å². The van der Waals surface area contributed by atoms with E-state index in [9.17, 15) is 14.4 Å². The Morgan fingerprint density at radius 2 is 1.80 bits per heavy atom. The number of nitrogens with one attached hydrogen (secondary N) is 2. The van der Waals surface area contributed by atoms with Crippen molar-refractivity contribution in [3.8, 4) is 11.3 Å². The van der Waals surface area contributed by atoms with E-state index >= 15 is 0 Å². The number of carbonyl (C=O) groups excluding carboxylic acids is 3. The molecule has 0 unspecified atom stereocenters. The van der Waals surface area contributed by atoms with Crippen molar-refractivity contribution in [1.82, 2.24) is 30.2 Å². The highest BCUT2D eigenvalue weighted by molar-refractivity contribution is 6.43. The first-order valence-electron chi connectivity index (χ1n) is 14.1. The van der Waals surface area contributed by atoms with Gasteiger partial charge in [0.2, 0.25) is 5.91 Å². The van der Waals surface area contributed by atoms with Crippen LogP contribution in [0.2, 0.25) is 10.0 Å². The van der Waals surface area contributed by atoms with Gasteiger partial charge in [0.25, 0.3) is 0 Å². The van der Waals surface area contributed by atoms with Gasteiger partial charge in [-0.15, -0.1) is 0 Å². The van der Waals surface area contributed by atoms with Crippen molar-refractivity contribution in [3.63, 3.8) is 0 Å². The van der Waals surface area contributed by atoms with Crippen molar-refractivity contribution in [1.29, 1.82) is 0 Å². The molecular formula is C29H42Cl2N6O4. The molecule has 10 nitrogen and oxygen atoms in total. The number of aryl methyl sites for hydroxylation is 1. The van der Waals surface area contributed by atoms with Crippen molar-refractivity contribution in [2.45, 2.75) is 71.4 Å². The van der Waals surface area contributed by atoms with Gasteiger partial charge in [-0.1, -0.05) is 35.3 Å². The smallest absolute Gasteiger partial charge is 0.408 e. The SMILES string of the molecule is CCN(CC)C(=O)[C@@H](CCNC(=O)N1CCC(c2cc(-c3cccc(Cl)c3Cl)nn2C)CC1)NC(=O)OC(C)(C)C. The molecule has 0 saturated carbocycles. The molecule has 1 fully saturated rings. The number of alkyl carbamates (subject to hydrolysis) is 1. The van der Waals surface area contributed by atoms with E-state index in [1.807, 2.05) is 43.8 Å². The molecule has 1 aliphatic rings. The topological polar surface area (TPSA) is 109 Å². The summed E-state index contributed by atoms with van der Waals surface area (Å²) in [6.45, 7) is 11.5. The van der Waals surface area contributed by atoms with Gasteiger partial charge < -0.3 is 25.2 Å². The number of rotatable bonds is 9. The lowest BCUT2D eigenvalue weighted by molar-refractivity contribution is -0.133. The highest BCUT2D eigenvalue weighted by atomic mass is 35.5. The molecule has 2 aromatic rings. The molecule has 2 heterocycles. The second-order valence-electron chi connectivity index (χ2n) is 11.2. The summed E-state index contributed by atoms with van der Waals surface area (Å²) in [5.41, 5.74) is 1.95. The highest BCUT2D eigenvalue weighted by Gasteiger charge is 2.29. The largest absolute Gasteiger partial charge is 0.444 e. The number of hydrogen-bond donors (Lipinski definition) is 2. The maximum absolute atomic E-state index is 13.0. The minimum Gasteiger partial charge on any atom is -0.444 e. The number of nitrogens with zero attached hydrogens (tertiary/aromatic N) is 4. The van der Waals surface area contributed by atoms with Crippen LogP contribution in [-0.4, -0.2) is 82.0 Å². The van der Waals surface area contributed by atoms with Crippen molar-refractivity contribution < 1.29 is 19.1 Å². The zero-order valence-electron chi connectivity index (χ0n) is 24.8. The van der Waals surface area contributed by atoms with Gasteiger partial charge in [0.1, 0.15) is 11.6 Å². The summed E-state index contributed by atoms with van der Waals surface area (Å²) in [5, 5.41) is 11.2. The molecule has 0 bridgehead atoms. The lowest BCUT2D eigenvalue weighted by Gasteiger charge is -2.32. The summed E-state index contributed by atoms with van der Waals surface area (Å²) in [6, 6.07) is 6.55. The molecule has 12 heteroatoms. The Morgan fingerprint density at radius 3 is 2.41 bits per heavy atom. The first-order valence-corrected chi connectivity index (χ1v) is 14.9. The van der Waals surface area contributed by atoms with Gasteiger partial charge >= 0.3 is 12.1 Å². The fourth-order valence-electron chi connectivity index (χ4n) is 4.97. The Morgan fingerprint density at radius 1 is 1.15 bits per heavy atom. The maximum Gasteiger partial charge on any atom is 0.408 e. The summed E-state index contributed by atoms with van der Waals surface area (Å²) >= 11 is 12.6. The third-order valence-corrected chi connectivity index (χ3v) is 7.94. The van der Waals surface area contributed by atoms with E-state index in [4.69, 9.17) is 27.9 Å². The van der Waals surface area contributed by atoms with Gasteiger partial charge in [-0.25, -0.2) is 9.59 Å². The second-order valence-corrected chi connectivity index (χ2v) is 12.0. The molecule has 1 saturated heterocycles. The van der Waals surface area contributed by atoms with Crippen LogP contribution in [0.4, 0.5) is 9.59 Å². The first kappa shape index (κ1) is 32.5. The maximum atomic E-state index is 13.0.